The van der Waals surface area contributed by atoms with Crippen LogP contribution in [0.3, 0.4) is 0 Å². The van der Waals surface area contributed by atoms with E-state index in [2.05, 4.69) is 25.6 Å². The molecule has 1 rings (SSSR count). The first-order valence-corrected chi connectivity index (χ1v) is 4.72. The summed E-state index contributed by atoms with van der Waals surface area (Å²) in [6.45, 7) is 3.82. The summed E-state index contributed by atoms with van der Waals surface area (Å²) in [4.78, 5) is 22.8. The molecule has 0 aliphatic rings. The molecule has 4 N–H and O–H groups in total. The van der Waals surface area contributed by atoms with Crippen LogP contribution in [0.2, 0.25) is 0 Å². The SMILES string of the molecule is CCNC(=O)C(C)NC(=O)c1nonc1N. The Labute approximate surface area is 91.5 Å². The third-order valence-electron chi connectivity index (χ3n) is 1.82. The fraction of sp³-hybridized carbons (Fsp3) is 0.500. The fourth-order valence-corrected chi connectivity index (χ4v) is 1.01. The van der Waals surface area contributed by atoms with Crippen LogP contribution in [0.15, 0.2) is 4.63 Å². The zero-order valence-electron chi connectivity index (χ0n) is 8.98. The van der Waals surface area contributed by atoms with Gasteiger partial charge in [0.05, 0.1) is 0 Å². The molecule has 8 heteroatoms. The van der Waals surface area contributed by atoms with Crippen molar-refractivity contribution in [3.63, 3.8) is 0 Å². The van der Waals surface area contributed by atoms with E-state index in [-0.39, 0.29) is 17.4 Å². The van der Waals surface area contributed by atoms with Gasteiger partial charge in [0.25, 0.3) is 5.91 Å². The highest BCUT2D eigenvalue weighted by Crippen LogP contribution is 2.03. The van der Waals surface area contributed by atoms with Gasteiger partial charge in [-0.05, 0) is 24.2 Å². The summed E-state index contributed by atoms with van der Waals surface area (Å²) in [6, 6.07) is -0.677. The lowest BCUT2D eigenvalue weighted by atomic mass is 10.3. The van der Waals surface area contributed by atoms with Gasteiger partial charge in [-0.15, -0.1) is 0 Å². The van der Waals surface area contributed by atoms with Gasteiger partial charge >= 0.3 is 0 Å². The van der Waals surface area contributed by atoms with Crippen molar-refractivity contribution in [2.24, 2.45) is 0 Å². The number of carbonyl (C=O) groups excluding carboxylic acids is 2. The Kier molecular flexibility index (Phi) is 3.81. The standard InChI is InChI=1S/C8H13N5O3/c1-3-10-7(14)4(2)11-8(15)5-6(9)13-16-12-5/h4H,3H2,1-2H3,(H2,9,13)(H,10,14)(H,11,15). The molecule has 0 aliphatic heterocycles. The lowest BCUT2D eigenvalue weighted by Crippen LogP contribution is -2.44. The first kappa shape index (κ1) is 12.0. The van der Waals surface area contributed by atoms with Gasteiger partial charge in [-0.2, -0.15) is 0 Å². The molecule has 0 bridgehead atoms. The summed E-state index contributed by atoms with van der Waals surface area (Å²) in [5.74, 6) is -0.996. The van der Waals surface area contributed by atoms with Crippen molar-refractivity contribution in [3.05, 3.63) is 5.69 Å². The molecule has 1 aromatic heterocycles. The molecule has 1 atom stereocenters. The van der Waals surface area contributed by atoms with E-state index in [1.54, 1.807) is 13.8 Å². The Bertz CT molecular complexity index is 389. The molecule has 16 heavy (non-hydrogen) atoms. The normalized spacial score (nSPS) is 11.9. The quantitative estimate of drug-likeness (QED) is 0.600. The first-order valence-electron chi connectivity index (χ1n) is 4.72. The molecule has 1 aromatic rings. The van der Waals surface area contributed by atoms with Crippen LogP contribution >= 0.6 is 0 Å². The molecule has 0 aliphatic carbocycles. The summed E-state index contributed by atoms with van der Waals surface area (Å²) in [7, 11) is 0. The molecule has 0 saturated carbocycles. The lowest BCUT2D eigenvalue weighted by molar-refractivity contribution is -0.122. The highest BCUT2D eigenvalue weighted by molar-refractivity contribution is 5.98. The predicted molar refractivity (Wildman–Crippen MR) is 54.3 cm³/mol. The van der Waals surface area contributed by atoms with Crippen LogP contribution in [0.1, 0.15) is 24.3 Å². The third-order valence-corrected chi connectivity index (χ3v) is 1.82. The minimum atomic E-state index is -0.677. The van der Waals surface area contributed by atoms with Crippen molar-refractivity contribution in [1.82, 2.24) is 20.9 Å². The molecule has 0 spiro atoms. The number of anilines is 1. The number of nitrogens with zero attached hydrogens (tertiary/aromatic N) is 2. The van der Waals surface area contributed by atoms with Crippen LogP contribution in [0.4, 0.5) is 5.82 Å². The monoisotopic (exact) mass is 227 g/mol. The maximum Gasteiger partial charge on any atom is 0.278 e. The Morgan fingerprint density at radius 1 is 1.50 bits per heavy atom. The molecule has 0 fully saturated rings. The van der Waals surface area contributed by atoms with E-state index in [0.29, 0.717) is 6.54 Å². The van der Waals surface area contributed by atoms with Crippen LogP contribution in [0.5, 0.6) is 0 Å². The van der Waals surface area contributed by atoms with Crippen molar-refractivity contribution in [2.45, 2.75) is 19.9 Å². The van der Waals surface area contributed by atoms with E-state index >= 15 is 0 Å². The Hall–Kier alpha value is -2.12. The number of amides is 2. The Morgan fingerprint density at radius 3 is 2.69 bits per heavy atom. The highest BCUT2D eigenvalue weighted by atomic mass is 16.6. The molecular weight excluding hydrogens is 214 g/mol. The van der Waals surface area contributed by atoms with E-state index in [9.17, 15) is 9.59 Å². The van der Waals surface area contributed by atoms with Crippen molar-refractivity contribution in [2.75, 3.05) is 12.3 Å². The largest absolute Gasteiger partial charge is 0.379 e. The van der Waals surface area contributed by atoms with Gasteiger partial charge in [-0.25, -0.2) is 4.63 Å². The number of nitrogen functional groups attached to an aromatic ring is 1. The highest BCUT2D eigenvalue weighted by Gasteiger charge is 2.20. The Balaban J connectivity index is 2.58. The number of aromatic nitrogens is 2. The summed E-state index contributed by atoms with van der Waals surface area (Å²) in [6.07, 6.45) is 0. The van der Waals surface area contributed by atoms with Gasteiger partial charge in [0.2, 0.25) is 17.4 Å². The van der Waals surface area contributed by atoms with Crippen LogP contribution in [-0.2, 0) is 4.79 Å². The first-order chi connectivity index (χ1) is 7.56. The van der Waals surface area contributed by atoms with E-state index in [0.717, 1.165) is 0 Å². The van der Waals surface area contributed by atoms with Gasteiger partial charge < -0.3 is 16.4 Å². The fourth-order valence-electron chi connectivity index (χ4n) is 1.01. The third kappa shape index (κ3) is 2.69. The minimum absolute atomic E-state index is 0.111. The van der Waals surface area contributed by atoms with E-state index < -0.39 is 11.9 Å². The number of nitrogens with one attached hydrogen (secondary N) is 2. The summed E-state index contributed by atoms with van der Waals surface area (Å²) < 4.78 is 4.27. The number of hydrogen-bond donors (Lipinski definition) is 3. The number of nitrogens with two attached hydrogens (primary N) is 1. The lowest BCUT2D eigenvalue weighted by Gasteiger charge is -2.11. The number of rotatable bonds is 4. The molecule has 0 radical (unpaired) electrons. The maximum absolute atomic E-state index is 11.5. The van der Waals surface area contributed by atoms with E-state index in [4.69, 9.17) is 5.73 Å². The zero-order chi connectivity index (χ0) is 12.1. The molecule has 0 aromatic carbocycles. The van der Waals surface area contributed by atoms with E-state index in [1.807, 2.05) is 0 Å². The Morgan fingerprint density at radius 2 is 2.19 bits per heavy atom. The van der Waals surface area contributed by atoms with Crippen molar-refractivity contribution >= 4 is 17.6 Å². The van der Waals surface area contributed by atoms with Crippen LogP contribution in [0, 0.1) is 0 Å². The summed E-state index contributed by atoms with van der Waals surface area (Å²) in [5.41, 5.74) is 5.19. The van der Waals surface area contributed by atoms with Crippen molar-refractivity contribution in [3.8, 4) is 0 Å². The molecule has 8 nitrogen and oxygen atoms in total. The summed E-state index contributed by atoms with van der Waals surface area (Å²) in [5, 5.41) is 11.6. The molecule has 88 valence electrons. The van der Waals surface area contributed by atoms with Gasteiger partial charge in [0.15, 0.2) is 0 Å². The molecule has 2 amide bonds. The second kappa shape index (κ2) is 5.10. The number of likely N-dealkylation sites (N-methyl/N-ethyl adjacent to an activating group) is 1. The predicted octanol–water partition coefficient (Wildman–Crippen LogP) is -1.09. The maximum atomic E-state index is 11.5. The minimum Gasteiger partial charge on any atom is -0.379 e. The number of carbonyl (C=O) groups is 2. The van der Waals surface area contributed by atoms with Crippen LogP contribution in [0.25, 0.3) is 0 Å². The molecular formula is C8H13N5O3. The van der Waals surface area contributed by atoms with Gasteiger partial charge in [0.1, 0.15) is 6.04 Å². The number of hydrogen-bond acceptors (Lipinski definition) is 6. The van der Waals surface area contributed by atoms with E-state index in [1.165, 1.54) is 0 Å². The van der Waals surface area contributed by atoms with Crippen LogP contribution < -0.4 is 16.4 Å². The van der Waals surface area contributed by atoms with Gasteiger partial charge in [-0.3, -0.25) is 9.59 Å². The second-order valence-electron chi connectivity index (χ2n) is 3.09. The smallest absolute Gasteiger partial charge is 0.278 e. The zero-order valence-corrected chi connectivity index (χ0v) is 8.98. The average molecular weight is 227 g/mol. The summed E-state index contributed by atoms with van der Waals surface area (Å²) >= 11 is 0. The van der Waals surface area contributed by atoms with Crippen molar-refractivity contribution in [1.29, 1.82) is 0 Å². The van der Waals surface area contributed by atoms with Gasteiger partial charge in [0, 0.05) is 6.54 Å². The molecule has 1 heterocycles. The molecule has 0 saturated heterocycles. The topological polar surface area (TPSA) is 123 Å². The average Bonchev–Trinajstić information content (AvgIpc) is 2.64. The van der Waals surface area contributed by atoms with Crippen molar-refractivity contribution < 1.29 is 14.2 Å². The van der Waals surface area contributed by atoms with Gasteiger partial charge in [-0.1, -0.05) is 0 Å². The van der Waals surface area contributed by atoms with Crippen LogP contribution in [-0.4, -0.2) is 34.7 Å². The second-order valence-corrected chi connectivity index (χ2v) is 3.09. The molecule has 1 unspecified atom stereocenters.